The van der Waals surface area contributed by atoms with Gasteiger partial charge in [0.1, 0.15) is 0 Å². The number of aromatic nitrogens is 2. The molecule has 0 aliphatic heterocycles. The Morgan fingerprint density at radius 1 is 0.378 bits per heavy atom. The summed E-state index contributed by atoms with van der Waals surface area (Å²) in [7, 11) is 0. The lowest BCUT2D eigenvalue weighted by atomic mass is 9.94. The van der Waals surface area contributed by atoms with Crippen LogP contribution in [0.4, 0.5) is 0 Å². The lowest BCUT2D eigenvalue weighted by Crippen LogP contribution is -1.93. The van der Waals surface area contributed by atoms with Crippen molar-refractivity contribution in [2.45, 2.75) is 6.42 Å². The van der Waals surface area contributed by atoms with E-state index in [4.69, 9.17) is 4.98 Å². The van der Waals surface area contributed by atoms with Crippen molar-refractivity contribution in [3.05, 3.63) is 157 Å². The van der Waals surface area contributed by atoms with Crippen LogP contribution in [0.2, 0.25) is 0 Å². The van der Waals surface area contributed by atoms with Crippen molar-refractivity contribution < 1.29 is 0 Å². The lowest BCUT2D eigenvalue weighted by Gasteiger charge is -2.11. The molecule has 6 rings (SSSR count). The summed E-state index contributed by atoms with van der Waals surface area (Å²) in [6.07, 6.45) is 4.64. The van der Waals surface area contributed by atoms with Crippen LogP contribution in [0.1, 0.15) is 11.1 Å². The summed E-state index contributed by atoms with van der Waals surface area (Å²) < 4.78 is 0. The van der Waals surface area contributed by atoms with E-state index < -0.39 is 0 Å². The van der Waals surface area contributed by atoms with Gasteiger partial charge < -0.3 is 0 Å². The van der Waals surface area contributed by atoms with Crippen LogP contribution < -0.4 is 0 Å². The molecule has 0 aliphatic rings. The average Bonchev–Trinajstić information content (AvgIpc) is 2.99. The Balaban J connectivity index is 1.32. The number of pyridine rings is 2. The number of nitrogens with zero attached hydrogens (tertiary/aromatic N) is 2. The molecule has 0 fully saturated rings. The van der Waals surface area contributed by atoms with Gasteiger partial charge in [0.05, 0.1) is 11.4 Å². The van der Waals surface area contributed by atoms with Crippen LogP contribution in [-0.4, -0.2) is 9.97 Å². The molecule has 0 N–H and O–H groups in total. The largest absolute Gasteiger partial charge is 0.256 e. The van der Waals surface area contributed by atoms with Crippen molar-refractivity contribution in [1.29, 1.82) is 0 Å². The molecular formula is C35H26N2. The highest BCUT2D eigenvalue weighted by Crippen LogP contribution is 2.29. The van der Waals surface area contributed by atoms with Gasteiger partial charge in [-0.25, -0.2) is 0 Å². The zero-order chi connectivity index (χ0) is 24.9. The second-order valence-corrected chi connectivity index (χ2v) is 9.17. The lowest BCUT2D eigenvalue weighted by molar-refractivity contribution is 1.19. The quantitative estimate of drug-likeness (QED) is 0.241. The predicted molar refractivity (Wildman–Crippen MR) is 153 cm³/mol. The summed E-state index contributed by atoms with van der Waals surface area (Å²) in [5.41, 5.74) is 11.4. The normalized spacial score (nSPS) is 10.8. The van der Waals surface area contributed by atoms with E-state index in [2.05, 4.69) is 120 Å². The zero-order valence-electron chi connectivity index (χ0n) is 20.5. The first-order chi connectivity index (χ1) is 18.3. The fourth-order valence-electron chi connectivity index (χ4n) is 4.72. The van der Waals surface area contributed by atoms with Crippen LogP contribution in [0.25, 0.3) is 44.8 Å². The monoisotopic (exact) mass is 474 g/mol. The topological polar surface area (TPSA) is 25.8 Å². The summed E-state index contributed by atoms with van der Waals surface area (Å²) in [6, 6.07) is 46.7. The molecule has 0 amide bonds. The summed E-state index contributed by atoms with van der Waals surface area (Å²) in [5, 5.41) is 0. The van der Waals surface area contributed by atoms with Crippen molar-refractivity contribution in [3.8, 4) is 44.8 Å². The average molecular weight is 475 g/mol. The SMILES string of the molecule is c1ccc(-c2ccc(-c3cccc(Cc4cc(-c5ccccc5)cc(-c5ccccn5)c4)c3)nc2)cc1. The van der Waals surface area contributed by atoms with Crippen LogP contribution >= 0.6 is 0 Å². The third-order valence-electron chi connectivity index (χ3n) is 6.56. The maximum absolute atomic E-state index is 4.77. The van der Waals surface area contributed by atoms with E-state index >= 15 is 0 Å². The third kappa shape index (κ3) is 5.24. The van der Waals surface area contributed by atoms with Gasteiger partial charge in [0.2, 0.25) is 0 Å². The zero-order valence-corrected chi connectivity index (χ0v) is 20.5. The maximum atomic E-state index is 4.77. The smallest absolute Gasteiger partial charge is 0.0702 e. The standard InChI is InChI=1S/C35H26N2/c1-3-11-28(12-4-1)31-17-18-35(37-25-31)30-15-9-10-26(21-30)20-27-22-32(29-13-5-2-6-14-29)24-33(23-27)34-16-7-8-19-36-34/h1-19,21-25H,20H2. The molecule has 4 aromatic carbocycles. The minimum Gasteiger partial charge on any atom is -0.256 e. The second kappa shape index (κ2) is 10.4. The predicted octanol–water partition coefficient (Wildman–Crippen LogP) is 8.74. The molecular weight excluding hydrogens is 448 g/mol. The molecule has 0 atom stereocenters. The molecule has 176 valence electrons. The molecule has 0 saturated heterocycles. The molecule has 2 heteroatoms. The Morgan fingerprint density at radius 3 is 1.73 bits per heavy atom. The molecule has 37 heavy (non-hydrogen) atoms. The fourth-order valence-corrected chi connectivity index (χ4v) is 4.72. The summed E-state index contributed by atoms with van der Waals surface area (Å²) in [4.78, 5) is 9.38. The van der Waals surface area contributed by atoms with Crippen molar-refractivity contribution in [2.75, 3.05) is 0 Å². The van der Waals surface area contributed by atoms with Crippen molar-refractivity contribution >= 4 is 0 Å². The number of benzene rings is 4. The van der Waals surface area contributed by atoms with Gasteiger partial charge in [0.25, 0.3) is 0 Å². The van der Waals surface area contributed by atoms with E-state index in [0.717, 1.165) is 34.5 Å². The van der Waals surface area contributed by atoms with Crippen LogP contribution in [0.3, 0.4) is 0 Å². The first kappa shape index (κ1) is 22.6. The Bertz CT molecular complexity index is 1550. The third-order valence-corrected chi connectivity index (χ3v) is 6.56. The minimum atomic E-state index is 0.830. The number of hydrogen-bond donors (Lipinski definition) is 0. The second-order valence-electron chi connectivity index (χ2n) is 9.17. The number of rotatable bonds is 6. The van der Waals surface area contributed by atoms with Gasteiger partial charge in [-0.3, -0.25) is 9.97 Å². The van der Waals surface area contributed by atoms with Crippen molar-refractivity contribution in [3.63, 3.8) is 0 Å². The first-order valence-electron chi connectivity index (χ1n) is 12.5. The first-order valence-corrected chi connectivity index (χ1v) is 12.5. The van der Waals surface area contributed by atoms with Crippen LogP contribution in [-0.2, 0) is 6.42 Å². The molecule has 0 aliphatic carbocycles. The minimum absolute atomic E-state index is 0.830. The highest BCUT2D eigenvalue weighted by atomic mass is 14.7. The van der Waals surface area contributed by atoms with Gasteiger partial charge in [-0.2, -0.15) is 0 Å². The van der Waals surface area contributed by atoms with Gasteiger partial charge in [0, 0.05) is 29.1 Å². The van der Waals surface area contributed by atoms with Crippen LogP contribution in [0, 0.1) is 0 Å². The molecule has 6 aromatic rings. The van der Waals surface area contributed by atoms with Gasteiger partial charge in [-0.05, 0) is 70.6 Å². The van der Waals surface area contributed by atoms with Gasteiger partial charge in [0.15, 0.2) is 0 Å². The van der Waals surface area contributed by atoms with E-state index in [0.29, 0.717) is 0 Å². The summed E-state index contributed by atoms with van der Waals surface area (Å²) >= 11 is 0. The van der Waals surface area contributed by atoms with Gasteiger partial charge in [-0.1, -0.05) is 97.1 Å². The van der Waals surface area contributed by atoms with Crippen LogP contribution in [0.15, 0.2) is 146 Å². The highest BCUT2D eigenvalue weighted by molar-refractivity contribution is 5.73. The molecule has 0 spiro atoms. The Hall–Kier alpha value is -4.82. The van der Waals surface area contributed by atoms with E-state index in [1.165, 1.54) is 27.8 Å². The molecule has 2 heterocycles. The molecule has 0 unspecified atom stereocenters. The molecule has 0 saturated carbocycles. The van der Waals surface area contributed by atoms with Crippen molar-refractivity contribution in [1.82, 2.24) is 9.97 Å². The Kier molecular flexibility index (Phi) is 6.38. The molecule has 0 bridgehead atoms. The van der Waals surface area contributed by atoms with Crippen molar-refractivity contribution in [2.24, 2.45) is 0 Å². The highest BCUT2D eigenvalue weighted by Gasteiger charge is 2.09. The summed E-state index contributed by atoms with van der Waals surface area (Å²) in [6.45, 7) is 0. The molecule has 0 radical (unpaired) electrons. The Labute approximate surface area is 218 Å². The maximum Gasteiger partial charge on any atom is 0.0702 e. The van der Waals surface area contributed by atoms with E-state index in [1.807, 2.05) is 30.6 Å². The van der Waals surface area contributed by atoms with Gasteiger partial charge in [-0.15, -0.1) is 0 Å². The number of hydrogen-bond acceptors (Lipinski definition) is 2. The van der Waals surface area contributed by atoms with Crippen LogP contribution in [0.5, 0.6) is 0 Å². The molecule has 2 aromatic heterocycles. The molecule has 2 nitrogen and oxygen atoms in total. The van der Waals surface area contributed by atoms with E-state index in [1.54, 1.807) is 0 Å². The van der Waals surface area contributed by atoms with E-state index in [9.17, 15) is 0 Å². The summed E-state index contributed by atoms with van der Waals surface area (Å²) in [5.74, 6) is 0. The fraction of sp³-hybridized carbons (Fsp3) is 0.0286. The Morgan fingerprint density at radius 2 is 1.03 bits per heavy atom. The van der Waals surface area contributed by atoms with Gasteiger partial charge >= 0.3 is 0 Å². The van der Waals surface area contributed by atoms with E-state index in [-0.39, 0.29) is 0 Å².